The van der Waals surface area contributed by atoms with Gasteiger partial charge in [0.2, 0.25) is 0 Å². The molecule has 1 aliphatic carbocycles. The van der Waals surface area contributed by atoms with Crippen LogP contribution in [-0.2, 0) is 4.74 Å². The summed E-state index contributed by atoms with van der Waals surface area (Å²) in [5.74, 6) is 0.600. The Morgan fingerprint density at radius 2 is 1.93 bits per heavy atom. The van der Waals surface area contributed by atoms with Crippen LogP contribution in [0.15, 0.2) is 28.7 Å². The molecule has 1 fully saturated rings. The molecule has 1 aromatic rings. The third-order valence-corrected chi connectivity index (χ3v) is 3.40. The Morgan fingerprint density at radius 3 is 2.53 bits per heavy atom. The van der Waals surface area contributed by atoms with Crippen molar-refractivity contribution in [1.29, 1.82) is 0 Å². The zero-order chi connectivity index (χ0) is 10.7. The number of ether oxygens (including phenoxy) is 1. The van der Waals surface area contributed by atoms with Crippen LogP contribution in [0.2, 0.25) is 0 Å². The molecule has 0 heterocycles. The molecule has 0 saturated heterocycles. The lowest BCUT2D eigenvalue weighted by Gasteiger charge is -2.35. The molecular formula is C12H14BrFO. The molecule has 1 nitrogen and oxygen atoms in total. The van der Waals surface area contributed by atoms with E-state index in [1.54, 1.807) is 0 Å². The number of alkyl halides is 1. The number of benzene rings is 1. The average Bonchev–Trinajstić information content (AvgIpc) is 2.18. The minimum absolute atomic E-state index is 0.248. The topological polar surface area (TPSA) is 9.23 Å². The van der Waals surface area contributed by atoms with Gasteiger partial charge >= 0.3 is 0 Å². The molecular weight excluding hydrogens is 259 g/mol. The first-order valence-electron chi connectivity index (χ1n) is 5.22. The van der Waals surface area contributed by atoms with Crippen molar-refractivity contribution in [1.82, 2.24) is 0 Å². The maximum Gasteiger partial charge on any atom is 0.113 e. The highest BCUT2D eigenvalue weighted by atomic mass is 79.9. The lowest BCUT2D eigenvalue weighted by atomic mass is 9.77. The van der Waals surface area contributed by atoms with Crippen molar-refractivity contribution in [3.63, 3.8) is 0 Å². The fourth-order valence-electron chi connectivity index (χ4n) is 1.92. The van der Waals surface area contributed by atoms with E-state index in [0.717, 1.165) is 17.3 Å². The van der Waals surface area contributed by atoms with Crippen molar-refractivity contribution in [3.8, 4) is 0 Å². The summed E-state index contributed by atoms with van der Waals surface area (Å²) in [5.41, 5.74) is 1.36. The summed E-state index contributed by atoms with van der Waals surface area (Å²) in [6.45, 7) is -0.128. The third-order valence-electron chi connectivity index (χ3n) is 2.87. The van der Waals surface area contributed by atoms with Gasteiger partial charge in [0.1, 0.15) is 6.67 Å². The summed E-state index contributed by atoms with van der Waals surface area (Å²) in [7, 11) is 0. The van der Waals surface area contributed by atoms with E-state index in [1.165, 1.54) is 5.56 Å². The normalized spacial score (nSPS) is 24.9. The van der Waals surface area contributed by atoms with Crippen LogP contribution < -0.4 is 0 Å². The van der Waals surface area contributed by atoms with E-state index >= 15 is 0 Å². The number of hydrogen-bond donors (Lipinski definition) is 0. The van der Waals surface area contributed by atoms with E-state index in [9.17, 15) is 4.39 Å². The predicted octanol–water partition coefficient (Wildman–Crippen LogP) is 3.68. The maximum atomic E-state index is 11.8. The van der Waals surface area contributed by atoms with Crippen molar-refractivity contribution in [2.45, 2.75) is 24.9 Å². The Balaban J connectivity index is 1.81. The Bertz CT molecular complexity index is 306. The summed E-state index contributed by atoms with van der Waals surface area (Å²) >= 11 is 3.41. The predicted molar refractivity (Wildman–Crippen MR) is 61.8 cm³/mol. The Hall–Kier alpha value is -0.410. The van der Waals surface area contributed by atoms with Gasteiger partial charge in [-0.3, -0.25) is 0 Å². The summed E-state index contributed by atoms with van der Waals surface area (Å²) < 4.78 is 18.3. The molecule has 0 amide bonds. The summed E-state index contributed by atoms with van der Waals surface area (Å²) in [6, 6.07) is 8.40. The zero-order valence-electron chi connectivity index (χ0n) is 8.46. The van der Waals surface area contributed by atoms with E-state index in [-0.39, 0.29) is 19.4 Å². The van der Waals surface area contributed by atoms with Crippen LogP contribution >= 0.6 is 15.9 Å². The number of halogens is 2. The second-order valence-corrected chi connectivity index (χ2v) is 4.82. The van der Waals surface area contributed by atoms with Crippen molar-refractivity contribution in [2.24, 2.45) is 0 Å². The largest absolute Gasteiger partial charge is 0.375 e. The standard InChI is InChI=1S/C12H14BrFO/c13-11-3-1-9(2-4-11)10-7-12(8-10)15-6-5-14/h1-4,10,12H,5-8H2. The molecule has 0 radical (unpaired) electrons. The van der Waals surface area contributed by atoms with Crippen molar-refractivity contribution in [3.05, 3.63) is 34.3 Å². The fourth-order valence-corrected chi connectivity index (χ4v) is 2.18. The quantitative estimate of drug-likeness (QED) is 0.813. The summed E-state index contributed by atoms with van der Waals surface area (Å²) in [4.78, 5) is 0. The van der Waals surface area contributed by atoms with Gasteiger partial charge in [-0.15, -0.1) is 0 Å². The van der Waals surface area contributed by atoms with Gasteiger partial charge in [0, 0.05) is 4.47 Å². The SMILES string of the molecule is FCCOC1CC(c2ccc(Br)cc2)C1. The van der Waals surface area contributed by atoms with Gasteiger partial charge in [-0.2, -0.15) is 0 Å². The molecule has 3 heteroatoms. The first-order valence-corrected chi connectivity index (χ1v) is 6.02. The second-order valence-electron chi connectivity index (χ2n) is 3.90. The number of hydrogen-bond acceptors (Lipinski definition) is 1. The Labute approximate surface area is 97.8 Å². The first-order chi connectivity index (χ1) is 7.29. The number of rotatable bonds is 4. The van der Waals surface area contributed by atoms with E-state index in [1.807, 2.05) is 0 Å². The van der Waals surface area contributed by atoms with Gasteiger partial charge < -0.3 is 4.74 Å². The van der Waals surface area contributed by atoms with Crippen molar-refractivity contribution >= 4 is 15.9 Å². The van der Waals surface area contributed by atoms with Gasteiger partial charge in [0.05, 0.1) is 12.7 Å². The van der Waals surface area contributed by atoms with Gasteiger partial charge in [0.15, 0.2) is 0 Å². The molecule has 2 rings (SSSR count). The fraction of sp³-hybridized carbons (Fsp3) is 0.500. The zero-order valence-corrected chi connectivity index (χ0v) is 10.0. The highest BCUT2D eigenvalue weighted by Crippen LogP contribution is 2.38. The maximum absolute atomic E-state index is 11.8. The lowest BCUT2D eigenvalue weighted by molar-refractivity contribution is -0.0153. The molecule has 0 atom stereocenters. The third kappa shape index (κ3) is 2.79. The van der Waals surface area contributed by atoms with Crippen LogP contribution in [0, 0.1) is 0 Å². The van der Waals surface area contributed by atoms with Crippen molar-refractivity contribution < 1.29 is 9.13 Å². The molecule has 0 unspecified atom stereocenters. The average molecular weight is 273 g/mol. The van der Waals surface area contributed by atoms with E-state index in [2.05, 4.69) is 40.2 Å². The summed E-state index contributed by atoms with van der Waals surface area (Å²) in [6.07, 6.45) is 2.33. The van der Waals surface area contributed by atoms with Gasteiger partial charge in [-0.1, -0.05) is 28.1 Å². The van der Waals surface area contributed by atoms with E-state index in [0.29, 0.717) is 5.92 Å². The molecule has 1 aromatic carbocycles. The highest BCUT2D eigenvalue weighted by molar-refractivity contribution is 9.10. The Morgan fingerprint density at radius 1 is 1.27 bits per heavy atom. The van der Waals surface area contributed by atoms with Gasteiger partial charge in [-0.25, -0.2) is 4.39 Å². The molecule has 1 aliphatic rings. The summed E-state index contributed by atoms with van der Waals surface area (Å²) in [5, 5.41) is 0. The molecule has 0 aromatic heterocycles. The van der Waals surface area contributed by atoms with Crippen LogP contribution in [0.25, 0.3) is 0 Å². The molecule has 0 aliphatic heterocycles. The smallest absolute Gasteiger partial charge is 0.113 e. The minimum atomic E-state index is -0.376. The molecule has 82 valence electrons. The van der Waals surface area contributed by atoms with Crippen LogP contribution in [0.1, 0.15) is 24.3 Å². The van der Waals surface area contributed by atoms with Crippen LogP contribution in [0.4, 0.5) is 4.39 Å². The molecule has 1 saturated carbocycles. The first kappa shape index (κ1) is 11.1. The highest BCUT2D eigenvalue weighted by Gasteiger charge is 2.30. The van der Waals surface area contributed by atoms with E-state index in [4.69, 9.17) is 4.74 Å². The monoisotopic (exact) mass is 272 g/mol. The molecule has 0 N–H and O–H groups in total. The lowest BCUT2D eigenvalue weighted by Crippen LogP contribution is -2.30. The molecule has 0 bridgehead atoms. The van der Waals surface area contributed by atoms with Crippen LogP contribution in [-0.4, -0.2) is 19.4 Å². The van der Waals surface area contributed by atoms with Gasteiger partial charge in [0.25, 0.3) is 0 Å². The Kier molecular flexibility index (Phi) is 3.76. The van der Waals surface area contributed by atoms with Crippen LogP contribution in [0.3, 0.4) is 0 Å². The second kappa shape index (κ2) is 5.08. The molecule has 15 heavy (non-hydrogen) atoms. The minimum Gasteiger partial charge on any atom is -0.375 e. The molecule has 0 spiro atoms. The van der Waals surface area contributed by atoms with Crippen molar-refractivity contribution in [2.75, 3.05) is 13.3 Å². The van der Waals surface area contributed by atoms with Crippen LogP contribution in [0.5, 0.6) is 0 Å². The van der Waals surface area contributed by atoms with Gasteiger partial charge in [-0.05, 0) is 36.5 Å². The van der Waals surface area contributed by atoms with E-state index < -0.39 is 0 Å².